The van der Waals surface area contributed by atoms with Crippen molar-refractivity contribution in [3.63, 3.8) is 0 Å². The van der Waals surface area contributed by atoms with E-state index in [2.05, 4.69) is 6.58 Å². The molecule has 4 rings (SSSR count). The van der Waals surface area contributed by atoms with E-state index in [1.807, 2.05) is 12.1 Å². The highest BCUT2D eigenvalue weighted by Gasteiger charge is 2.22. The van der Waals surface area contributed by atoms with Crippen LogP contribution in [0.3, 0.4) is 0 Å². The monoisotopic (exact) mass is 411 g/mol. The molecule has 1 aliphatic rings. The van der Waals surface area contributed by atoms with Crippen LogP contribution in [0.2, 0.25) is 0 Å². The van der Waals surface area contributed by atoms with Gasteiger partial charge in [-0.1, -0.05) is 30.0 Å². The normalized spacial score (nSPS) is 13.4. The van der Waals surface area contributed by atoms with Gasteiger partial charge in [0.05, 0.1) is 5.39 Å². The van der Waals surface area contributed by atoms with E-state index >= 15 is 0 Å². The van der Waals surface area contributed by atoms with Crippen LogP contribution in [0.5, 0.6) is 0 Å². The highest BCUT2D eigenvalue weighted by molar-refractivity contribution is 7.98. The van der Waals surface area contributed by atoms with Gasteiger partial charge in [0, 0.05) is 22.7 Å². The van der Waals surface area contributed by atoms with Crippen LogP contribution in [-0.4, -0.2) is 15.5 Å². The summed E-state index contributed by atoms with van der Waals surface area (Å²) in [6.45, 7) is 4.24. The van der Waals surface area contributed by atoms with Gasteiger partial charge in [-0.05, 0) is 48.9 Å². The van der Waals surface area contributed by atoms with Gasteiger partial charge in [-0.15, -0.1) is 17.9 Å². The lowest BCUT2D eigenvalue weighted by Crippen LogP contribution is -2.23. The number of hydrogen-bond acceptors (Lipinski definition) is 5. The number of benzene rings is 1. The Hall–Kier alpha value is -2.38. The molecule has 2 aromatic heterocycles. The molecule has 0 aliphatic heterocycles. The Morgan fingerprint density at radius 3 is 2.75 bits per heavy atom. The van der Waals surface area contributed by atoms with Gasteiger partial charge in [-0.25, -0.2) is 4.98 Å². The molecular formula is C21H21N3O2S2. The van der Waals surface area contributed by atoms with Crippen LogP contribution >= 0.6 is 23.1 Å². The molecule has 5 nitrogen and oxygen atoms in total. The van der Waals surface area contributed by atoms with Gasteiger partial charge >= 0.3 is 0 Å². The molecule has 0 fully saturated rings. The zero-order chi connectivity index (χ0) is 19.7. The van der Waals surface area contributed by atoms with E-state index in [0.717, 1.165) is 35.0 Å². The van der Waals surface area contributed by atoms with Crippen molar-refractivity contribution in [3.05, 3.63) is 68.8 Å². The summed E-state index contributed by atoms with van der Waals surface area (Å²) in [5.74, 6) is 0.215. The van der Waals surface area contributed by atoms with Crippen molar-refractivity contribution in [2.45, 2.75) is 43.1 Å². The Balaban J connectivity index is 1.69. The molecule has 144 valence electrons. The molecule has 2 heterocycles. The maximum absolute atomic E-state index is 13.2. The zero-order valence-electron chi connectivity index (χ0n) is 15.4. The maximum atomic E-state index is 13.2. The molecule has 0 saturated heterocycles. The number of thiophene rings is 1. The fourth-order valence-corrected chi connectivity index (χ4v) is 5.80. The van der Waals surface area contributed by atoms with Gasteiger partial charge in [-0.2, -0.15) is 0 Å². The number of carbonyl (C=O) groups is 1. The van der Waals surface area contributed by atoms with Gasteiger partial charge in [0.1, 0.15) is 4.83 Å². The van der Waals surface area contributed by atoms with E-state index in [1.54, 1.807) is 34.1 Å². The smallest absolute Gasteiger partial charge is 0.263 e. The summed E-state index contributed by atoms with van der Waals surface area (Å²) in [5.41, 5.74) is 8.07. The second kappa shape index (κ2) is 7.93. The lowest BCUT2D eigenvalue weighted by atomic mass is 9.97. The maximum Gasteiger partial charge on any atom is 0.263 e. The lowest BCUT2D eigenvalue weighted by molar-refractivity contribution is 0.100. The van der Waals surface area contributed by atoms with Crippen molar-refractivity contribution < 1.29 is 4.79 Å². The first kappa shape index (κ1) is 19.0. The third-order valence-corrected chi connectivity index (χ3v) is 7.19. The molecule has 3 aromatic rings. The first-order valence-electron chi connectivity index (χ1n) is 9.26. The van der Waals surface area contributed by atoms with Crippen molar-refractivity contribution in [3.8, 4) is 0 Å². The van der Waals surface area contributed by atoms with Crippen molar-refractivity contribution in [2.75, 3.05) is 0 Å². The number of nitrogens with two attached hydrogens (primary N) is 1. The largest absolute Gasteiger partial charge is 0.366 e. The minimum Gasteiger partial charge on any atom is -0.366 e. The third kappa shape index (κ3) is 3.52. The highest BCUT2D eigenvalue weighted by atomic mass is 32.2. The van der Waals surface area contributed by atoms with Crippen molar-refractivity contribution in [1.82, 2.24) is 9.55 Å². The summed E-state index contributed by atoms with van der Waals surface area (Å²) in [4.78, 5) is 31.4. The summed E-state index contributed by atoms with van der Waals surface area (Å²) in [6, 6.07) is 7.20. The SMILES string of the molecule is C=CCn1c(SCc2ccc(C(N)=O)cc2)nc2sc3c(c2c1=O)CCCC3. The van der Waals surface area contributed by atoms with E-state index in [4.69, 9.17) is 10.7 Å². The molecule has 0 saturated carbocycles. The van der Waals surface area contributed by atoms with Crippen molar-refractivity contribution in [2.24, 2.45) is 5.73 Å². The van der Waals surface area contributed by atoms with E-state index in [-0.39, 0.29) is 5.56 Å². The topological polar surface area (TPSA) is 78.0 Å². The molecule has 0 bridgehead atoms. The quantitative estimate of drug-likeness (QED) is 0.379. The van der Waals surface area contributed by atoms with Crippen LogP contribution in [0.4, 0.5) is 0 Å². The minimum absolute atomic E-state index is 0.0378. The fraction of sp³-hybridized carbons (Fsp3) is 0.286. The average Bonchev–Trinajstić information content (AvgIpc) is 3.07. The number of aryl methyl sites for hydroxylation is 2. The molecule has 7 heteroatoms. The molecule has 1 aliphatic carbocycles. The number of rotatable bonds is 6. The number of nitrogens with zero attached hydrogens (tertiary/aromatic N) is 2. The van der Waals surface area contributed by atoms with Gasteiger partial charge < -0.3 is 5.73 Å². The number of thioether (sulfide) groups is 1. The summed E-state index contributed by atoms with van der Waals surface area (Å²) >= 11 is 3.19. The van der Waals surface area contributed by atoms with Crippen LogP contribution in [0.15, 0.2) is 46.9 Å². The number of carbonyl (C=O) groups excluding carboxylic acids is 1. The Morgan fingerprint density at radius 2 is 2.04 bits per heavy atom. The Kier molecular flexibility index (Phi) is 5.37. The van der Waals surface area contributed by atoms with E-state index in [1.165, 1.54) is 28.6 Å². The number of amides is 1. The predicted molar refractivity (Wildman–Crippen MR) is 115 cm³/mol. The number of fused-ring (bicyclic) bond motifs is 3. The number of aromatic nitrogens is 2. The van der Waals surface area contributed by atoms with Gasteiger partial charge in [0.2, 0.25) is 5.91 Å². The van der Waals surface area contributed by atoms with Crippen LogP contribution in [-0.2, 0) is 25.1 Å². The second-order valence-electron chi connectivity index (χ2n) is 6.84. The third-order valence-electron chi connectivity index (χ3n) is 4.96. The standard InChI is InChI=1S/C21H21N3O2S2/c1-2-11-24-20(26)17-15-5-3-4-6-16(15)28-19(17)23-21(24)27-12-13-7-9-14(10-8-13)18(22)25/h2,7-10H,1,3-6,11-12H2,(H2,22,25). The van der Waals surface area contributed by atoms with Crippen LogP contribution < -0.4 is 11.3 Å². The van der Waals surface area contributed by atoms with Crippen LogP contribution in [0.1, 0.15) is 39.2 Å². The fourth-order valence-electron chi connectivity index (χ4n) is 3.53. The number of primary amides is 1. The van der Waals surface area contributed by atoms with E-state index in [0.29, 0.717) is 23.0 Å². The van der Waals surface area contributed by atoms with Gasteiger partial charge in [-0.3, -0.25) is 14.2 Å². The summed E-state index contributed by atoms with van der Waals surface area (Å²) in [7, 11) is 0. The lowest BCUT2D eigenvalue weighted by Gasteiger charge is -2.12. The first-order chi connectivity index (χ1) is 13.6. The summed E-state index contributed by atoms with van der Waals surface area (Å²) in [5, 5.41) is 1.51. The van der Waals surface area contributed by atoms with Gasteiger partial charge in [0.25, 0.3) is 5.56 Å². The van der Waals surface area contributed by atoms with Gasteiger partial charge in [0.15, 0.2) is 5.16 Å². The molecule has 1 aromatic carbocycles. The molecule has 2 N–H and O–H groups in total. The Morgan fingerprint density at radius 1 is 1.29 bits per heavy atom. The first-order valence-corrected chi connectivity index (χ1v) is 11.1. The zero-order valence-corrected chi connectivity index (χ0v) is 17.1. The van der Waals surface area contributed by atoms with Crippen LogP contribution in [0.25, 0.3) is 10.2 Å². The number of hydrogen-bond donors (Lipinski definition) is 1. The average molecular weight is 412 g/mol. The van der Waals surface area contributed by atoms with E-state index in [9.17, 15) is 9.59 Å². The van der Waals surface area contributed by atoms with Crippen LogP contribution in [0, 0.1) is 0 Å². The van der Waals surface area contributed by atoms with E-state index < -0.39 is 5.91 Å². The minimum atomic E-state index is -0.437. The molecule has 1 amide bonds. The molecular weight excluding hydrogens is 390 g/mol. The molecule has 0 unspecified atom stereocenters. The molecule has 0 atom stereocenters. The van der Waals surface area contributed by atoms with Crippen molar-refractivity contribution >= 4 is 39.2 Å². The predicted octanol–water partition coefficient (Wildman–Crippen LogP) is 3.91. The second-order valence-corrected chi connectivity index (χ2v) is 8.87. The molecule has 0 radical (unpaired) electrons. The Bertz CT molecular complexity index is 1110. The summed E-state index contributed by atoms with van der Waals surface area (Å²) in [6.07, 6.45) is 6.07. The molecule has 28 heavy (non-hydrogen) atoms. The number of allylic oxidation sites excluding steroid dienone is 1. The van der Waals surface area contributed by atoms with Crippen molar-refractivity contribution in [1.29, 1.82) is 0 Å². The Labute approximate surface area is 171 Å². The summed E-state index contributed by atoms with van der Waals surface area (Å²) < 4.78 is 1.72. The highest BCUT2D eigenvalue weighted by Crippen LogP contribution is 2.35. The molecule has 0 spiro atoms.